The van der Waals surface area contributed by atoms with Crippen LogP contribution in [0.25, 0.3) is 38.6 Å². The van der Waals surface area contributed by atoms with Crippen molar-refractivity contribution >= 4 is 27.5 Å². The SMILES string of the molecule is Cc1ccc(-c2ccc3c(c2)cc2c(C)nc4ccccc4n23)cc1. The van der Waals surface area contributed by atoms with Gasteiger partial charge in [-0.1, -0.05) is 48.0 Å². The van der Waals surface area contributed by atoms with Crippen LogP contribution in [0.2, 0.25) is 0 Å². The Balaban J connectivity index is 1.83. The van der Waals surface area contributed by atoms with Gasteiger partial charge >= 0.3 is 0 Å². The minimum absolute atomic E-state index is 1.03. The van der Waals surface area contributed by atoms with E-state index in [1.54, 1.807) is 0 Å². The van der Waals surface area contributed by atoms with Gasteiger partial charge < -0.3 is 4.40 Å². The third kappa shape index (κ3) is 2.14. The summed E-state index contributed by atoms with van der Waals surface area (Å²) in [6.45, 7) is 4.20. The van der Waals surface area contributed by atoms with Crippen LogP contribution in [0.3, 0.4) is 0 Å². The highest BCUT2D eigenvalue weighted by atomic mass is 14.9. The largest absolute Gasteiger partial charge is 0.306 e. The van der Waals surface area contributed by atoms with E-state index in [-0.39, 0.29) is 0 Å². The van der Waals surface area contributed by atoms with E-state index in [1.165, 1.54) is 33.1 Å². The van der Waals surface area contributed by atoms with Crippen LogP contribution in [0.5, 0.6) is 0 Å². The topological polar surface area (TPSA) is 17.3 Å². The zero-order valence-corrected chi connectivity index (χ0v) is 14.3. The molecule has 0 atom stereocenters. The van der Waals surface area contributed by atoms with Crippen LogP contribution >= 0.6 is 0 Å². The van der Waals surface area contributed by atoms with Crippen molar-refractivity contribution in [2.45, 2.75) is 13.8 Å². The van der Waals surface area contributed by atoms with Gasteiger partial charge in [-0.05, 0) is 55.3 Å². The minimum atomic E-state index is 1.03. The number of hydrogen-bond donors (Lipinski definition) is 0. The van der Waals surface area contributed by atoms with E-state index >= 15 is 0 Å². The van der Waals surface area contributed by atoms with Crippen molar-refractivity contribution in [1.82, 2.24) is 9.38 Å². The molecule has 0 saturated heterocycles. The van der Waals surface area contributed by atoms with Gasteiger partial charge in [-0.2, -0.15) is 0 Å². The number of benzene rings is 3. The van der Waals surface area contributed by atoms with Crippen LogP contribution in [-0.4, -0.2) is 9.38 Å². The first kappa shape index (κ1) is 14.2. The second kappa shape index (κ2) is 5.18. The minimum Gasteiger partial charge on any atom is -0.306 e. The summed E-state index contributed by atoms with van der Waals surface area (Å²) < 4.78 is 2.33. The summed E-state index contributed by atoms with van der Waals surface area (Å²) in [4.78, 5) is 4.77. The predicted molar refractivity (Wildman–Crippen MR) is 105 cm³/mol. The highest BCUT2D eigenvalue weighted by Crippen LogP contribution is 2.30. The molecule has 120 valence electrons. The molecule has 0 aliphatic carbocycles. The lowest BCUT2D eigenvalue weighted by molar-refractivity contribution is 1.19. The Bertz CT molecular complexity index is 1240. The lowest BCUT2D eigenvalue weighted by Crippen LogP contribution is -1.94. The van der Waals surface area contributed by atoms with Crippen molar-refractivity contribution in [2.24, 2.45) is 0 Å². The number of para-hydroxylation sites is 2. The zero-order valence-electron chi connectivity index (χ0n) is 14.3. The number of aryl methyl sites for hydroxylation is 2. The molecule has 0 amide bonds. The van der Waals surface area contributed by atoms with Gasteiger partial charge in [0, 0.05) is 5.39 Å². The molecule has 0 aliphatic heterocycles. The summed E-state index contributed by atoms with van der Waals surface area (Å²) in [6.07, 6.45) is 0. The molecule has 0 saturated carbocycles. The standard InChI is InChI=1S/C23H18N2/c1-15-7-9-17(10-8-15)18-11-12-21-19(13-18)14-23-16(2)24-20-5-3-4-6-22(20)25(21)23/h3-14H,1-2H3. The molecule has 0 spiro atoms. The summed E-state index contributed by atoms with van der Waals surface area (Å²) in [7, 11) is 0. The van der Waals surface area contributed by atoms with Crippen molar-refractivity contribution in [1.29, 1.82) is 0 Å². The number of aromatic nitrogens is 2. The van der Waals surface area contributed by atoms with E-state index in [9.17, 15) is 0 Å². The number of fused-ring (bicyclic) bond motifs is 5. The van der Waals surface area contributed by atoms with Gasteiger partial charge in [-0.25, -0.2) is 4.98 Å². The van der Waals surface area contributed by atoms with E-state index in [2.05, 4.69) is 85.0 Å². The van der Waals surface area contributed by atoms with Crippen LogP contribution in [0.15, 0.2) is 72.8 Å². The molecule has 2 heterocycles. The Labute approximate surface area is 146 Å². The van der Waals surface area contributed by atoms with Crippen LogP contribution in [0, 0.1) is 13.8 Å². The number of rotatable bonds is 1. The van der Waals surface area contributed by atoms with Crippen molar-refractivity contribution in [3.63, 3.8) is 0 Å². The van der Waals surface area contributed by atoms with Crippen molar-refractivity contribution < 1.29 is 0 Å². The van der Waals surface area contributed by atoms with Crippen LogP contribution < -0.4 is 0 Å². The van der Waals surface area contributed by atoms with Gasteiger partial charge in [-0.3, -0.25) is 0 Å². The van der Waals surface area contributed by atoms with Crippen molar-refractivity contribution in [3.05, 3.63) is 84.1 Å². The second-order valence-electron chi connectivity index (χ2n) is 6.69. The van der Waals surface area contributed by atoms with Crippen LogP contribution in [0.1, 0.15) is 11.3 Å². The normalized spacial score (nSPS) is 11.6. The summed E-state index contributed by atoms with van der Waals surface area (Å²) in [5.41, 5.74) is 9.44. The summed E-state index contributed by atoms with van der Waals surface area (Å²) in [5, 5.41) is 1.25. The summed E-state index contributed by atoms with van der Waals surface area (Å²) in [6, 6.07) is 26.0. The van der Waals surface area contributed by atoms with Gasteiger partial charge in [0.25, 0.3) is 0 Å². The first-order valence-electron chi connectivity index (χ1n) is 8.58. The molecule has 0 radical (unpaired) electrons. The smallest absolute Gasteiger partial charge is 0.0874 e. The first-order valence-corrected chi connectivity index (χ1v) is 8.58. The van der Waals surface area contributed by atoms with E-state index in [0.717, 1.165) is 16.7 Å². The molecule has 0 fully saturated rings. The molecule has 2 aromatic heterocycles. The second-order valence-corrected chi connectivity index (χ2v) is 6.69. The van der Waals surface area contributed by atoms with Gasteiger partial charge in [0.15, 0.2) is 0 Å². The van der Waals surface area contributed by atoms with E-state index in [4.69, 9.17) is 4.98 Å². The molecule has 0 bridgehead atoms. The van der Waals surface area contributed by atoms with Crippen LogP contribution in [-0.2, 0) is 0 Å². The average molecular weight is 322 g/mol. The Morgan fingerprint density at radius 3 is 2.28 bits per heavy atom. The molecule has 2 nitrogen and oxygen atoms in total. The molecule has 5 aromatic rings. The van der Waals surface area contributed by atoms with E-state index in [1.807, 2.05) is 6.07 Å². The quantitative estimate of drug-likeness (QED) is 0.374. The molecular weight excluding hydrogens is 304 g/mol. The predicted octanol–water partition coefficient (Wildman–Crippen LogP) is 5.92. The Hall–Kier alpha value is -3.13. The third-order valence-electron chi connectivity index (χ3n) is 4.97. The van der Waals surface area contributed by atoms with E-state index in [0.29, 0.717) is 0 Å². The van der Waals surface area contributed by atoms with Gasteiger partial charge in [-0.15, -0.1) is 0 Å². The number of nitrogens with zero attached hydrogens (tertiary/aromatic N) is 2. The molecule has 2 heteroatoms. The molecular formula is C23H18N2. The molecule has 0 unspecified atom stereocenters. The van der Waals surface area contributed by atoms with Gasteiger partial charge in [0.05, 0.1) is 27.8 Å². The average Bonchev–Trinajstić information content (AvgIpc) is 3.02. The van der Waals surface area contributed by atoms with Gasteiger partial charge in [0.2, 0.25) is 0 Å². The fourth-order valence-electron chi connectivity index (χ4n) is 3.65. The Morgan fingerprint density at radius 1 is 0.680 bits per heavy atom. The maximum atomic E-state index is 4.77. The first-order chi connectivity index (χ1) is 12.2. The Morgan fingerprint density at radius 2 is 1.44 bits per heavy atom. The lowest BCUT2D eigenvalue weighted by atomic mass is 10.0. The van der Waals surface area contributed by atoms with Crippen molar-refractivity contribution in [2.75, 3.05) is 0 Å². The Kier molecular flexibility index (Phi) is 2.95. The molecule has 25 heavy (non-hydrogen) atoms. The molecule has 5 rings (SSSR count). The maximum absolute atomic E-state index is 4.77. The van der Waals surface area contributed by atoms with Gasteiger partial charge in [0.1, 0.15) is 0 Å². The maximum Gasteiger partial charge on any atom is 0.0874 e. The molecule has 0 aliphatic rings. The summed E-state index contributed by atoms with van der Waals surface area (Å²) >= 11 is 0. The number of hydrogen-bond acceptors (Lipinski definition) is 1. The highest BCUT2D eigenvalue weighted by molar-refractivity contribution is 5.96. The lowest BCUT2D eigenvalue weighted by Gasteiger charge is -2.07. The fourth-order valence-corrected chi connectivity index (χ4v) is 3.65. The van der Waals surface area contributed by atoms with E-state index < -0.39 is 0 Å². The van der Waals surface area contributed by atoms with Crippen molar-refractivity contribution in [3.8, 4) is 11.1 Å². The monoisotopic (exact) mass is 322 g/mol. The molecule has 3 aromatic carbocycles. The third-order valence-corrected chi connectivity index (χ3v) is 4.97. The zero-order chi connectivity index (χ0) is 17.0. The fraction of sp³-hybridized carbons (Fsp3) is 0.0870. The van der Waals surface area contributed by atoms with Crippen LogP contribution in [0.4, 0.5) is 0 Å². The highest BCUT2D eigenvalue weighted by Gasteiger charge is 2.10. The molecule has 0 N–H and O–H groups in total. The summed E-state index contributed by atoms with van der Waals surface area (Å²) in [5.74, 6) is 0.